The van der Waals surface area contributed by atoms with Gasteiger partial charge in [0.15, 0.2) is 5.13 Å². The molecule has 1 fully saturated rings. The van der Waals surface area contributed by atoms with Gasteiger partial charge in [-0.3, -0.25) is 9.69 Å². The molecule has 0 bridgehead atoms. The summed E-state index contributed by atoms with van der Waals surface area (Å²) < 4.78 is 29.2. The van der Waals surface area contributed by atoms with Crippen LogP contribution in [-0.2, 0) is 16.4 Å². The largest absolute Gasteiger partial charge is 0.308 e. The number of halogens is 1. The summed E-state index contributed by atoms with van der Waals surface area (Å²) in [4.78, 5) is 22.3. The summed E-state index contributed by atoms with van der Waals surface area (Å²) >= 11 is 1.51. The standard InChI is InChI=1S/C27H36N4O3S2.ClH/c1-6-21-7-12-24-25(16-21)35-27(28-24)31(14-13-29(4)5)26(32)22-8-10-23(11-9-22)36(33,34)30-17-19(2)15-20(3)18-30;/h7-12,16,19-20H,6,13-15,17-18H2,1-5H3;1H. The number of hydrogen-bond donors (Lipinski definition) is 0. The Morgan fingerprint density at radius 3 is 2.30 bits per heavy atom. The van der Waals surface area contributed by atoms with Crippen LogP contribution in [0.3, 0.4) is 0 Å². The lowest BCUT2D eigenvalue weighted by atomic mass is 9.94. The molecule has 0 N–H and O–H groups in total. The minimum Gasteiger partial charge on any atom is -0.308 e. The van der Waals surface area contributed by atoms with E-state index in [4.69, 9.17) is 4.98 Å². The van der Waals surface area contributed by atoms with E-state index in [1.54, 1.807) is 33.5 Å². The number of piperidine rings is 1. The number of rotatable bonds is 8. The van der Waals surface area contributed by atoms with Crippen molar-refractivity contribution >= 4 is 55.0 Å². The molecule has 0 spiro atoms. The first-order valence-electron chi connectivity index (χ1n) is 12.5. The number of thiazole rings is 1. The van der Waals surface area contributed by atoms with Gasteiger partial charge in [-0.2, -0.15) is 4.31 Å². The Morgan fingerprint density at radius 2 is 1.70 bits per heavy atom. The van der Waals surface area contributed by atoms with Crippen LogP contribution in [-0.4, -0.2) is 68.8 Å². The molecule has 2 atom stereocenters. The zero-order valence-corrected chi connectivity index (χ0v) is 24.6. The van der Waals surface area contributed by atoms with Crippen LogP contribution < -0.4 is 4.90 Å². The van der Waals surface area contributed by atoms with E-state index in [1.165, 1.54) is 16.9 Å². The fourth-order valence-corrected chi connectivity index (χ4v) is 7.49. The summed E-state index contributed by atoms with van der Waals surface area (Å²) in [6, 6.07) is 12.6. The molecule has 202 valence electrons. The molecular formula is C27H37ClN4O3S2. The maximum atomic E-state index is 13.6. The summed E-state index contributed by atoms with van der Waals surface area (Å²) in [5, 5.41) is 0.651. The summed E-state index contributed by atoms with van der Waals surface area (Å²) in [6.07, 6.45) is 1.98. The third-order valence-electron chi connectivity index (χ3n) is 6.67. The van der Waals surface area contributed by atoms with E-state index in [0.29, 0.717) is 48.7 Å². The molecule has 1 aromatic heterocycles. The average molecular weight is 565 g/mol. The van der Waals surface area contributed by atoms with Gasteiger partial charge < -0.3 is 4.90 Å². The summed E-state index contributed by atoms with van der Waals surface area (Å²) in [5.41, 5.74) is 2.56. The Hall–Kier alpha value is -2.04. The Bertz CT molecular complexity index is 1320. The Kier molecular flexibility index (Phi) is 9.74. The molecule has 3 aromatic rings. The highest BCUT2D eigenvalue weighted by molar-refractivity contribution is 7.89. The predicted molar refractivity (Wildman–Crippen MR) is 155 cm³/mol. The SMILES string of the molecule is CCc1ccc2nc(N(CCN(C)C)C(=O)c3ccc(S(=O)(=O)N4CC(C)CC(C)C4)cc3)sc2c1.Cl. The van der Waals surface area contributed by atoms with Gasteiger partial charge in [-0.15, -0.1) is 12.4 Å². The highest BCUT2D eigenvalue weighted by Gasteiger charge is 2.32. The molecule has 0 aliphatic carbocycles. The number of fused-ring (bicyclic) bond motifs is 1. The molecule has 7 nitrogen and oxygen atoms in total. The van der Waals surface area contributed by atoms with Crippen molar-refractivity contribution in [3.63, 3.8) is 0 Å². The minimum atomic E-state index is -3.60. The van der Waals surface area contributed by atoms with Gasteiger partial charge in [-0.05, 0) is 80.7 Å². The number of aromatic nitrogens is 1. The smallest absolute Gasteiger partial charge is 0.260 e. The summed E-state index contributed by atoms with van der Waals surface area (Å²) in [7, 11) is 0.341. The lowest BCUT2D eigenvalue weighted by molar-refractivity contribution is 0.0985. The van der Waals surface area contributed by atoms with E-state index < -0.39 is 10.0 Å². The van der Waals surface area contributed by atoms with Crippen LogP contribution in [0.2, 0.25) is 0 Å². The van der Waals surface area contributed by atoms with E-state index in [1.807, 2.05) is 25.1 Å². The van der Waals surface area contributed by atoms with Crippen LogP contribution >= 0.6 is 23.7 Å². The number of benzene rings is 2. The van der Waals surface area contributed by atoms with Gasteiger partial charge in [-0.1, -0.05) is 38.2 Å². The molecule has 10 heteroatoms. The second kappa shape index (κ2) is 12.2. The van der Waals surface area contributed by atoms with Crippen LogP contribution in [0.25, 0.3) is 10.2 Å². The van der Waals surface area contributed by atoms with Crippen molar-refractivity contribution in [2.45, 2.75) is 38.5 Å². The van der Waals surface area contributed by atoms with Gasteiger partial charge in [0.25, 0.3) is 5.91 Å². The monoisotopic (exact) mass is 564 g/mol. The summed E-state index contributed by atoms with van der Waals surface area (Å²) in [5.74, 6) is 0.476. The van der Waals surface area contributed by atoms with Crippen molar-refractivity contribution in [2.75, 3.05) is 45.2 Å². The molecule has 1 saturated heterocycles. The number of carbonyl (C=O) groups excluding carboxylic acids is 1. The highest BCUT2D eigenvalue weighted by Crippen LogP contribution is 2.31. The van der Waals surface area contributed by atoms with Gasteiger partial charge in [0.2, 0.25) is 10.0 Å². The lowest BCUT2D eigenvalue weighted by Gasteiger charge is -2.34. The topological polar surface area (TPSA) is 73.8 Å². The molecule has 1 aliphatic rings. The fourth-order valence-electron chi connectivity index (χ4n) is 4.75. The third kappa shape index (κ3) is 6.70. The number of sulfonamides is 1. The van der Waals surface area contributed by atoms with Crippen molar-refractivity contribution in [3.05, 3.63) is 53.6 Å². The zero-order chi connectivity index (χ0) is 26.0. The first-order valence-corrected chi connectivity index (χ1v) is 14.8. The van der Waals surface area contributed by atoms with E-state index in [2.05, 4.69) is 32.9 Å². The van der Waals surface area contributed by atoms with Crippen molar-refractivity contribution < 1.29 is 13.2 Å². The number of carbonyl (C=O) groups is 1. The highest BCUT2D eigenvalue weighted by atomic mass is 35.5. The number of hydrogen-bond acceptors (Lipinski definition) is 6. The molecule has 2 aromatic carbocycles. The van der Waals surface area contributed by atoms with Crippen LogP contribution in [0, 0.1) is 11.8 Å². The van der Waals surface area contributed by atoms with Crippen LogP contribution in [0.15, 0.2) is 47.4 Å². The van der Waals surface area contributed by atoms with E-state index in [9.17, 15) is 13.2 Å². The normalized spacial score (nSPS) is 18.6. The molecule has 1 aliphatic heterocycles. The second-order valence-electron chi connectivity index (χ2n) is 10.2. The van der Waals surface area contributed by atoms with Crippen molar-refractivity contribution in [3.8, 4) is 0 Å². The quantitative estimate of drug-likeness (QED) is 0.378. The molecular weight excluding hydrogens is 528 g/mol. The zero-order valence-electron chi connectivity index (χ0n) is 22.2. The molecule has 37 heavy (non-hydrogen) atoms. The van der Waals surface area contributed by atoms with E-state index in [-0.39, 0.29) is 23.2 Å². The van der Waals surface area contributed by atoms with Crippen molar-refractivity contribution in [1.29, 1.82) is 0 Å². The number of likely N-dealkylation sites (N-methyl/N-ethyl adjacent to an activating group) is 1. The number of nitrogens with zero attached hydrogens (tertiary/aromatic N) is 4. The maximum Gasteiger partial charge on any atom is 0.260 e. The van der Waals surface area contributed by atoms with Crippen LogP contribution in [0.1, 0.15) is 43.1 Å². The van der Waals surface area contributed by atoms with Gasteiger partial charge in [0.05, 0.1) is 15.1 Å². The Balaban J connectivity index is 0.00000380. The lowest BCUT2D eigenvalue weighted by Crippen LogP contribution is -2.42. The number of amides is 1. The molecule has 4 rings (SSSR count). The Labute approximate surface area is 230 Å². The molecule has 0 radical (unpaired) electrons. The molecule has 0 saturated carbocycles. The van der Waals surface area contributed by atoms with Crippen LogP contribution in [0.4, 0.5) is 5.13 Å². The van der Waals surface area contributed by atoms with Gasteiger partial charge in [0, 0.05) is 31.7 Å². The van der Waals surface area contributed by atoms with Gasteiger partial charge in [0.1, 0.15) is 0 Å². The fraction of sp³-hybridized carbons (Fsp3) is 0.481. The number of anilines is 1. The van der Waals surface area contributed by atoms with Crippen LogP contribution in [0.5, 0.6) is 0 Å². The van der Waals surface area contributed by atoms with E-state index in [0.717, 1.165) is 23.1 Å². The third-order valence-corrected chi connectivity index (χ3v) is 9.56. The molecule has 2 heterocycles. The molecule has 2 unspecified atom stereocenters. The van der Waals surface area contributed by atoms with Gasteiger partial charge >= 0.3 is 0 Å². The van der Waals surface area contributed by atoms with E-state index >= 15 is 0 Å². The maximum absolute atomic E-state index is 13.6. The second-order valence-corrected chi connectivity index (χ2v) is 13.2. The first kappa shape index (κ1) is 29.5. The molecule has 1 amide bonds. The number of aryl methyl sites for hydroxylation is 1. The van der Waals surface area contributed by atoms with Gasteiger partial charge in [-0.25, -0.2) is 13.4 Å². The minimum absolute atomic E-state index is 0. The average Bonchev–Trinajstić information content (AvgIpc) is 3.26. The Morgan fingerprint density at radius 1 is 1.05 bits per heavy atom. The van der Waals surface area contributed by atoms with Crippen molar-refractivity contribution in [2.24, 2.45) is 11.8 Å². The first-order chi connectivity index (χ1) is 17.1. The van der Waals surface area contributed by atoms with Crippen molar-refractivity contribution in [1.82, 2.24) is 14.2 Å². The summed E-state index contributed by atoms with van der Waals surface area (Å²) in [6.45, 7) is 8.52. The predicted octanol–water partition coefficient (Wildman–Crippen LogP) is 5.16.